The van der Waals surface area contributed by atoms with E-state index in [4.69, 9.17) is 0 Å². The standard InChI is InChI=1S/C11H12N2O2/c1-9(15)12-7-6-10-2-4-11(5-3-10)13-8-14/h2-5H,6-7H2,1H3,(H,12,15). The van der Waals surface area contributed by atoms with E-state index >= 15 is 0 Å². The van der Waals surface area contributed by atoms with Crippen molar-refractivity contribution >= 4 is 17.7 Å². The third kappa shape index (κ3) is 4.20. The zero-order valence-electron chi connectivity index (χ0n) is 8.49. The smallest absolute Gasteiger partial charge is 0.240 e. The molecule has 0 bridgehead atoms. The van der Waals surface area contributed by atoms with Crippen LogP contribution >= 0.6 is 0 Å². The van der Waals surface area contributed by atoms with Gasteiger partial charge in [-0.3, -0.25) is 4.79 Å². The Kier molecular flexibility index (Phi) is 4.26. The molecular weight excluding hydrogens is 192 g/mol. The van der Waals surface area contributed by atoms with Crippen molar-refractivity contribution in [1.29, 1.82) is 0 Å². The van der Waals surface area contributed by atoms with Crippen LogP contribution in [0.2, 0.25) is 0 Å². The second-order valence-corrected chi connectivity index (χ2v) is 3.10. The van der Waals surface area contributed by atoms with E-state index in [0.29, 0.717) is 12.2 Å². The van der Waals surface area contributed by atoms with Gasteiger partial charge in [0.15, 0.2) is 0 Å². The predicted octanol–water partition coefficient (Wildman–Crippen LogP) is 1.33. The average Bonchev–Trinajstić information content (AvgIpc) is 2.20. The minimum Gasteiger partial charge on any atom is -0.356 e. The molecular formula is C11H12N2O2. The molecule has 0 fully saturated rings. The van der Waals surface area contributed by atoms with Crippen LogP contribution in [-0.2, 0) is 16.0 Å². The van der Waals surface area contributed by atoms with Gasteiger partial charge in [-0.25, -0.2) is 4.79 Å². The summed E-state index contributed by atoms with van der Waals surface area (Å²) < 4.78 is 0. The maximum Gasteiger partial charge on any atom is 0.240 e. The highest BCUT2D eigenvalue weighted by Gasteiger charge is 1.95. The molecule has 0 aliphatic carbocycles. The lowest BCUT2D eigenvalue weighted by molar-refractivity contribution is -0.118. The quantitative estimate of drug-likeness (QED) is 0.594. The van der Waals surface area contributed by atoms with Gasteiger partial charge in [0, 0.05) is 13.5 Å². The second kappa shape index (κ2) is 5.73. The number of nitrogens with zero attached hydrogens (tertiary/aromatic N) is 1. The molecule has 1 amide bonds. The number of aliphatic imine (C=N–C) groups is 1. The lowest BCUT2D eigenvalue weighted by Crippen LogP contribution is -2.22. The van der Waals surface area contributed by atoms with Gasteiger partial charge in [-0.2, -0.15) is 4.99 Å². The number of nitrogens with one attached hydrogen (secondary N) is 1. The molecule has 0 aromatic heterocycles. The minimum atomic E-state index is -0.0304. The van der Waals surface area contributed by atoms with Crippen LogP contribution in [0, 0.1) is 0 Å². The van der Waals surface area contributed by atoms with Crippen molar-refractivity contribution in [3.8, 4) is 0 Å². The van der Waals surface area contributed by atoms with Crippen molar-refractivity contribution in [1.82, 2.24) is 5.32 Å². The molecule has 1 aromatic carbocycles. The monoisotopic (exact) mass is 204 g/mol. The Morgan fingerprint density at radius 3 is 2.60 bits per heavy atom. The number of hydrogen-bond donors (Lipinski definition) is 1. The lowest BCUT2D eigenvalue weighted by atomic mass is 10.1. The first kappa shape index (κ1) is 11.1. The Bertz CT molecular complexity index is 378. The fraction of sp³-hybridized carbons (Fsp3) is 0.273. The van der Waals surface area contributed by atoms with Gasteiger partial charge in [0.2, 0.25) is 12.0 Å². The molecule has 15 heavy (non-hydrogen) atoms. The van der Waals surface area contributed by atoms with E-state index in [1.54, 1.807) is 12.1 Å². The molecule has 1 aromatic rings. The highest BCUT2D eigenvalue weighted by Crippen LogP contribution is 2.12. The van der Waals surface area contributed by atoms with Crippen LogP contribution in [0.4, 0.5) is 5.69 Å². The Hall–Kier alpha value is -1.93. The van der Waals surface area contributed by atoms with E-state index in [-0.39, 0.29) is 5.91 Å². The molecule has 0 saturated carbocycles. The molecule has 0 aliphatic rings. The van der Waals surface area contributed by atoms with Crippen LogP contribution in [0.25, 0.3) is 0 Å². The summed E-state index contributed by atoms with van der Waals surface area (Å²) in [5.41, 5.74) is 1.68. The van der Waals surface area contributed by atoms with Gasteiger partial charge in [0.05, 0.1) is 5.69 Å². The van der Waals surface area contributed by atoms with Gasteiger partial charge in [0.1, 0.15) is 0 Å². The zero-order valence-corrected chi connectivity index (χ0v) is 8.49. The molecule has 1 rings (SSSR count). The van der Waals surface area contributed by atoms with Crippen LogP contribution in [-0.4, -0.2) is 18.5 Å². The van der Waals surface area contributed by atoms with E-state index < -0.39 is 0 Å². The molecule has 78 valence electrons. The van der Waals surface area contributed by atoms with Crippen molar-refractivity contribution in [2.24, 2.45) is 4.99 Å². The molecule has 4 nitrogen and oxygen atoms in total. The van der Waals surface area contributed by atoms with E-state index in [2.05, 4.69) is 10.3 Å². The van der Waals surface area contributed by atoms with Gasteiger partial charge >= 0.3 is 0 Å². The molecule has 0 saturated heterocycles. The number of carbonyl (C=O) groups is 1. The van der Waals surface area contributed by atoms with Crippen molar-refractivity contribution in [3.05, 3.63) is 29.8 Å². The average molecular weight is 204 g/mol. The first-order chi connectivity index (χ1) is 7.22. The first-order valence-electron chi connectivity index (χ1n) is 4.63. The molecule has 0 unspecified atom stereocenters. The number of benzene rings is 1. The van der Waals surface area contributed by atoms with Crippen molar-refractivity contribution < 1.29 is 9.59 Å². The van der Waals surface area contributed by atoms with Gasteiger partial charge in [-0.05, 0) is 24.1 Å². The van der Waals surface area contributed by atoms with E-state index in [0.717, 1.165) is 12.0 Å². The summed E-state index contributed by atoms with van der Waals surface area (Å²) in [6.07, 6.45) is 2.25. The van der Waals surface area contributed by atoms with Crippen molar-refractivity contribution in [2.75, 3.05) is 6.54 Å². The molecule has 0 aliphatic heterocycles. The number of rotatable bonds is 4. The molecule has 4 heteroatoms. The predicted molar refractivity (Wildman–Crippen MR) is 56.6 cm³/mol. The molecule has 0 radical (unpaired) electrons. The van der Waals surface area contributed by atoms with Crippen LogP contribution in [0.15, 0.2) is 29.3 Å². The summed E-state index contributed by atoms with van der Waals surface area (Å²) in [5, 5.41) is 2.71. The number of hydrogen-bond acceptors (Lipinski definition) is 3. The van der Waals surface area contributed by atoms with Crippen LogP contribution in [0.1, 0.15) is 12.5 Å². The van der Waals surface area contributed by atoms with Gasteiger partial charge < -0.3 is 5.32 Å². The third-order valence-electron chi connectivity index (χ3n) is 1.90. The summed E-state index contributed by atoms with van der Waals surface area (Å²) in [4.78, 5) is 24.1. The number of carbonyl (C=O) groups excluding carboxylic acids is 2. The number of amides is 1. The summed E-state index contributed by atoms with van der Waals surface area (Å²) >= 11 is 0. The SMILES string of the molecule is CC(=O)NCCc1ccc(N=C=O)cc1. The van der Waals surface area contributed by atoms with Gasteiger partial charge in [0.25, 0.3) is 0 Å². The lowest BCUT2D eigenvalue weighted by Gasteiger charge is -2.02. The van der Waals surface area contributed by atoms with E-state index in [1.165, 1.54) is 13.0 Å². The maximum absolute atomic E-state index is 10.6. The maximum atomic E-state index is 10.6. The topological polar surface area (TPSA) is 58.5 Å². The Morgan fingerprint density at radius 2 is 2.07 bits per heavy atom. The molecule has 0 atom stereocenters. The van der Waals surface area contributed by atoms with Crippen molar-refractivity contribution in [3.63, 3.8) is 0 Å². The Balaban J connectivity index is 2.49. The van der Waals surface area contributed by atoms with E-state index in [9.17, 15) is 9.59 Å². The van der Waals surface area contributed by atoms with Gasteiger partial charge in [-0.15, -0.1) is 0 Å². The largest absolute Gasteiger partial charge is 0.356 e. The molecule has 1 N–H and O–H groups in total. The van der Waals surface area contributed by atoms with Crippen LogP contribution in [0.5, 0.6) is 0 Å². The van der Waals surface area contributed by atoms with Crippen LogP contribution in [0.3, 0.4) is 0 Å². The first-order valence-corrected chi connectivity index (χ1v) is 4.63. The fourth-order valence-corrected chi connectivity index (χ4v) is 1.17. The molecule has 0 heterocycles. The summed E-state index contributed by atoms with van der Waals surface area (Å²) in [6.45, 7) is 2.10. The highest BCUT2D eigenvalue weighted by molar-refractivity contribution is 5.72. The van der Waals surface area contributed by atoms with E-state index in [1.807, 2.05) is 12.1 Å². The zero-order chi connectivity index (χ0) is 11.1. The Labute approximate surface area is 88.0 Å². The Morgan fingerprint density at radius 1 is 1.40 bits per heavy atom. The second-order valence-electron chi connectivity index (χ2n) is 3.10. The minimum absolute atomic E-state index is 0.0304. The summed E-state index contributed by atoms with van der Waals surface area (Å²) in [7, 11) is 0. The summed E-state index contributed by atoms with van der Waals surface area (Å²) in [6, 6.07) is 7.23. The molecule has 0 spiro atoms. The fourth-order valence-electron chi connectivity index (χ4n) is 1.17. The highest BCUT2D eigenvalue weighted by atomic mass is 16.1. The van der Waals surface area contributed by atoms with Crippen LogP contribution < -0.4 is 5.32 Å². The third-order valence-corrected chi connectivity index (χ3v) is 1.90. The number of isocyanates is 1. The summed E-state index contributed by atoms with van der Waals surface area (Å²) in [5.74, 6) is -0.0304. The normalized spacial score (nSPS) is 9.13. The van der Waals surface area contributed by atoms with Crippen molar-refractivity contribution in [2.45, 2.75) is 13.3 Å². The van der Waals surface area contributed by atoms with Gasteiger partial charge in [-0.1, -0.05) is 12.1 Å².